The van der Waals surface area contributed by atoms with Crippen molar-refractivity contribution in [3.05, 3.63) is 241 Å². The van der Waals surface area contributed by atoms with Gasteiger partial charge in [-0.15, -0.1) is 0 Å². The van der Waals surface area contributed by atoms with Gasteiger partial charge in [0.2, 0.25) is 0 Å². The largest absolute Gasteiger partial charge is 0.310 e. The van der Waals surface area contributed by atoms with Gasteiger partial charge in [0.25, 0.3) is 0 Å². The minimum absolute atomic E-state index is 0.0864. The first-order valence-corrected chi connectivity index (χ1v) is 24.0. The summed E-state index contributed by atoms with van der Waals surface area (Å²) < 4.78 is 0. The lowest BCUT2D eigenvalue weighted by Gasteiger charge is -2.43. The van der Waals surface area contributed by atoms with Crippen LogP contribution >= 0.6 is 0 Å². The average molecular weight is 855 g/mol. The van der Waals surface area contributed by atoms with Crippen LogP contribution in [0.3, 0.4) is 0 Å². The summed E-state index contributed by atoms with van der Waals surface area (Å²) in [5.74, 6) is 1.42. The van der Waals surface area contributed by atoms with Crippen molar-refractivity contribution < 1.29 is 0 Å². The van der Waals surface area contributed by atoms with E-state index in [9.17, 15) is 0 Å². The molecule has 2 heteroatoms. The molecule has 66 heavy (non-hydrogen) atoms. The van der Waals surface area contributed by atoms with Gasteiger partial charge in [0.05, 0.1) is 5.69 Å². The van der Waals surface area contributed by atoms with E-state index in [0.29, 0.717) is 5.92 Å². The van der Waals surface area contributed by atoms with Crippen molar-refractivity contribution in [1.82, 2.24) is 0 Å². The molecule has 0 radical (unpaired) electrons. The predicted molar refractivity (Wildman–Crippen MR) is 280 cm³/mol. The minimum Gasteiger partial charge on any atom is -0.310 e. The maximum absolute atomic E-state index is 2.46. The number of benzene rings is 9. The Balaban J connectivity index is 0.980. The van der Waals surface area contributed by atoms with Crippen LogP contribution in [0.25, 0.3) is 33.0 Å². The van der Waals surface area contributed by atoms with Crippen LogP contribution in [0.15, 0.2) is 218 Å². The van der Waals surface area contributed by atoms with Crippen LogP contribution in [0.4, 0.5) is 34.1 Å². The van der Waals surface area contributed by atoms with Crippen LogP contribution in [-0.2, 0) is 10.8 Å². The number of hydrogen-bond acceptors (Lipinski definition) is 2. The Hall–Kier alpha value is -7.16. The van der Waals surface area contributed by atoms with E-state index in [2.05, 4.69) is 256 Å². The lowest BCUT2D eigenvalue weighted by atomic mass is 9.61. The Morgan fingerprint density at radius 2 is 0.955 bits per heavy atom. The topological polar surface area (TPSA) is 6.48 Å². The summed E-state index contributed by atoms with van der Waals surface area (Å²) in [6.45, 7) is 9.60. The van der Waals surface area contributed by atoms with E-state index in [0.717, 1.165) is 41.5 Å². The number of nitrogens with zero attached hydrogens (tertiary/aromatic N) is 2. The second kappa shape index (κ2) is 17.0. The van der Waals surface area contributed by atoms with Crippen molar-refractivity contribution in [3.8, 4) is 22.3 Å². The zero-order valence-electron chi connectivity index (χ0n) is 38.7. The van der Waals surface area contributed by atoms with Gasteiger partial charge in [0, 0.05) is 44.7 Å². The van der Waals surface area contributed by atoms with Crippen molar-refractivity contribution in [2.75, 3.05) is 9.80 Å². The SMILES string of the molecule is CC(C)C1CCC(c2ccc(N(c3ccccc3)c3ccc4c(c3)C(C)(C)c3cccc(-c5ccccc5)c3-4)cc2)(c2ccc(N(c3ccccc3)c3cccc4ccccc34)cc2)CC1. The molecule has 11 rings (SSSR count). The standard InChI is InChI=1S/C64H58N2/c1-45(2)46-40-42-64(43-41-46,50-32-36-54(37-33-50)66(52-24-12-7-13-25-52)61-29-16-21-47-20-14-15-26-56(47)61)49-30-34-53(35-31-49)65(51-22-10-6-11-23-51)55-38-39-58-60(44-55)63(3,4)59-28-17-27-57(62(58)59)48-18-8-5-9-19-48/h5-39,44-46H,40-43H2,1-4H3. The van der Waals surface area contributed by atoms with Crippen LogP contribution < -0.4 is 9.80 Å². The molecule has 0 bridgehead atoms. The molecule has 0 N–H and O–H groups in total. The lowest BCUT2D eigenvalue weighted by molar-refractivity contribution is 0.217. The monoisotopic (exact) mass is 854 g/mol. The van der Waals surface area contributed by atoms with Gasteiger partial charge in [-0.05, 0) is 154 Å². The second-order valence-electron chi connectivity index (χ2n) is 19.5. The molecule has 2 nitrogen and oxygen atoms in total. The molecule has 0 unspecified atom stereocenters. The van der Waals surface area contributed by atoms with Crippen molar-refractivity contribution in [2.24, 2.45) is 11.8 Å². The van der Waals surface area contributed by atoms with Gasteiger partial charge in [0.15, 0.2) is 0 Å². The minimum atomic E-state index is -0.151. The third-order valence-corrected chi connectivity index (χ3v) is 15.2. The first kappa shape index (κ1) is 41.5. The van der Waals surface area contributed by atoms with Gasteiger partial charge in [-0.25, -0.2) is 0 Å². The second-order valence-corrected chi connectivity index (χ2v) is 19.5. The number of rotatable bonds is 10. The number of fused-ring (bicyclic) bond motifs is 4. The van der Waals surface area contributed by atoms with Crippen molar-refractivity contribution >= 4 is 44.9 Å². The Bertz CT molecular complexity index is 3120. The molecule has 0 aliphatic heterocycles. The smallest absolute Gasteiger partial charge is 0.0540 e. The molecule has 324 valence electrons. The van der Waals surface area contributed by atoms with Gasteiger partial charge >= 0.3 is 0 Å². The fourth-order valence-corrected chi connectivity index (χ4v) is 11.6. The van der Waals surface area contributed by atoms with E-state index < -0.39 is 0 Å². The first-order valence-electron chi connectivity index (χ1n) is 24.0. The lowest BCUT2D eigenvalue weighted by Crippen LogP contribution is -2.34. The average Bonchev–Trinajstić information content (AvgIpc) is 3.60. The van der Waals surface area contributed by atoms with E-state index >= 15 is 0 Å². The summed E-state index contributed by atoms with van der Waals surface area (Å²) in [5.41, 5.74) is 17.6. The summed E-state index contributed by atoms with van der Waals surface area (Å²) in [5, 5.41) is 2.48. The fourth-order valence-electron chi connectivity index (χ4n) is 11.6. The zero-order chi connectivity index (χ0) is 44.8. The summed E-state index contributed by atoms with van der Waals surface area (Å²) in [6.07, 6.45) is 4.72. The van der Waals surface area contributed by atoms with Crippen molar-refractivity contribution in [1.29, 1.82) is 0 Å². The van der Waals surface area contributed by atoms with E-state index in [1.807, 2.05) is 0 Å². The fraction of sp³-hybridized carbons (Fsp3) is 0.188. The summed E-state index contributed by atoms with van der Waals surface area (Å²) in [4.78, 5) is 4.87. The Morgan fingerprint density at radius 1 is 0.439 bits per heavy atom. The molecular formula is C64H58N2. The summed E-state index contributed by atoms with van der Waals surface area (Å²) >= 11 is 0. The van der Waals surface area contributed by atoms with Gasteiger partial charge in [-0.2, -0.15) is 0 Å². The van der Waals surface area contributed by atoms with E-state index in [4.69, 9.17) is 0 Å². The molecule has 0 aromatic heterocycles. The molecular weight excluding hydrogens is 797 g/mol. The molecule has 2 aliphatic carbocycles. The highest BCUT2D eigenvalue weighted by molar-refractivity contribution is 5.99. The highest BCUT2D eigenvalue weighted by Gasteiger charge is 2.40. The van der Waals surface area contributed by atoms with Gasteiger partial charge in [0.1, 0.15) is 0 Å². The third-order valence-electron chi connectivity index (χ3n) is 15.2. The maximum atomic E-state index is 2.46. The molecule has 0 atom stereocenters. The molecule has 0 amide bonds. The van der Waals surface area contributed by atoms with E-state index in [-0.39, 0.29) is 10.8 Å². The van der Waals surface area contributed by atoms with Crippen molar-refractivity contribution in [2.45, 2.75) is 64.2 Å². The van der Waals surface area contributed by atoms with E-state index in [1.54, 1.807) is 0 Å². The molecule has 0 heterocycles. The molecule has 0 saturated heterocycles. The predicted octanol–water partition coefficient (Wildman–Crippen LogP) is 17.9. The Labute approximate surface area is 391 Å². The quantitative estimate of drug-likeness (QED) is 0.135. The molecule has 2 aliphatic rings. The zero-order valence-corrected chi connectivity index (χ0v) is 38.7. The molecule has 1 saturated carbocycles. The normalized spacial score (nSPS) is 17.3. The first-order chi connectivity index (χ1) is 32.3. The summed E-state index contributed by atoms with van der Waals surface area (Å²) in [7, 11) is 0. The van der Waals surface area contributed by atoms with Gasteiger partial charge < -0.3 is 9.80 Å². The van der Waals surface area contributed by atoms with Gasteiger partial charge in [-0.3, -0.25) is 0 Å². The van der Waals surface area contributed by atoms with Crippen molar-refractivity contribution in [3.63, 3.8) is 0 Å². The Kier molecular flexibility index (Phi) is 10.7. The highest BCUT2D eigenvalue weighted by atomic mass is 15.1. The van der Waals surface area contributed by atoms with Crippen LogP contribution in [0, 0.1) is 11.8 Å². The van der Waals surface area contributed by atoms with Crippen LogP contribution in [0.5, 0.6) is 0 Å². The highest BCUT2D eigenvalue weighted by Crippen LogP contribution is 2.54. The third kappa shape index (κ3) is 7.20. The van der Waals surface area contributed by atoms with Crippen LogP contribution in [-0.4, -0.2) is 0 Å². The molecule has 1 fully saturated rings. The Morgan fingerprint density at radius 3 is 1.59 bits per heavy atom. The number of para-hydroxylation sites is 2. The van der Waals surface area contributed by atoms with Crippen LogP contribution in [0.1, 0.15) is 75.6 Å². The number of hydrogen-bond donors (Lipinski definition) is 0. The molecule has 9 aromatic rings. The summed E-state index contributed by atoms with van der Waals surface area (Å²) in [6, 6.07) is 81.2. The number of anilines is 6. The molecule has 0 spiro atoms. The molecule has 9 aromatic carbocycles. The van der Waals surface area contributed by atoms with Gasteiger partial charge in [-0.1, -0.05) is 179 Å². The van der Waals surface area contributed by atoms with Crippen LogP contribution in [0.2, 0.25) is 0 Å². The van der Waals surface area contributed by atoms with E-state index in [1.165, 1.54) is 79.5 Å². The maximum Gasteiger partial charge on any atom is 0.0540 e.